The van der Waals surface area contributed by atoms with Crippen LogP contribution in [-0.2, 0) is 16.1 Å². The van der Waals surface area contributed by atoms with Gasteiger partial charge in [0.1, 0.15) is 12.2 Å². The van der Waals surface area contributed by atoms with E-state index in [1.54, 1.807) is 37.5 Å². The molecule has 0 saturated carbocycles. The third-order valence-corrected chi connectivity index (χ3v) is 3.54. The molecule has 2 rings (SSSR count). The van der Waals surface area contributed by atoms with Gasteiger partial charge >= 0.3 is 0 Å². The van der Waals surface area contributed by atoms with Crippen LogP contribution in [0.1, 0.15) is 17.5 Å². The number of methoxy groups -OCH3 is 1. The average Bonchev–Trinajstić information content (AvgIpc) is 2.66. The fourth-order valence-corrected chi connectivity index (χ4v) is 2.27. The number of rotatable bonds is 7. The summed E-state index contributed by atoms with van der Waals surface area (Å²) in [5, 5.41) is 13.9. The van der Waals surface area contributed by atoms with Crippen LogP contribution in [0.5, 0.6) is 5.75 Å². The molecule has 0 aliphatic rings. The van der Waals surface area contributed by atoms with E-state index in [0.717, 1.165) is 11.1 Å². The van der Waals surface area contributed by atoms with E-state index in [4.69, 9.17) is 10.00 Å². The number of hydrogen-bond acceptors (Lipinski definition) is 4. The lowest BCUT2D eigenvalue weighted by atomic mass is 10.1. The van der Waals surface area contributed by atoms with Crippen LogP contribution >= 0.6 is 0 Å². The number of anilines is 1. The molecule has 0 unspecified atom stereocenters. The minimum atomic E-state index is -0.357. The fraction of sp³-hybridized carbons (Fsp3) is 0.150. The number of benzene rings is 2. The number of amides is 2. The van der Waals surface area contributed by atoms with Gasteiger partial charge in [-0.15, -0.1) is 0 Å². The van der Waals surface area contributed by atoms with Crippen molar-refractivity contribution in [3.8, 4) is 11.8 Å². The van der Waals surface area contributed by atoms with Crippen LogP contribution < -0.4 is 15.4 Å². The van der Waals surface area contributed by atoms with Gasteiger partial charge in [0.05, 0.1) is 13.2 Å². The predicted octanol–water partition coefficient (Wildman–Crippen LogP) is 2.88. The van der Waals surface area contributed by atoms with Gasteiger partial charge in [-0.25, -0.2) is 0 Å². The van der Waals surface area contributed by atoms with E-state index in [2.05, 4.69) is 10.6 Å². The number of ether oxygens (including phenoxy) is 1. The van der Waals surface area contributed by atoms with Crippen molar-refractivity contribution >= 4 is 23.6 Å². The molecule has 2 aromatic carbocycles. The maximum Gasteiger partial charge on any atom is 0.248 e. The Bertz CT molecular complexity index is 853. The van der Waals surface area contributed by atoms with Crippen molar-refractivity contribution in [2.45, 2.75) is 13.0 Å². The predicted molar refractivity (Wildman–Crippen MR) is 99.2 cm³/mol. The van der Waals surface area contributed by atoms with Crippen molar-refractivity contribution < 1.29 is 14.3 Å². The maximum atomic E-state index is 12.2. The molecule has 26 heavy (non-hydrogen) atoms. The van der Waals surface area contributed by atoms with Gasteiger partial charge in [-0.3, -0.25) is 9.59 Å². The highest BCUT2D eigenvalue weighted by Gasteiger charge is 2.07. The first kappa shape index (κ1) is 18.7. The molecule has 0 saturated heterocycles. The third kappa shape index (κ3) is 5.49. The summed E-state index contributed by atoms with van der Waals surface area (Å²) in [6, 6.07) is 16.3. The molecule has 0 radical (unpaired) electrons. The summed E-state index contributed by atoms with van der Waals surface area (Å²) in [5.41, 5.74) is 2.14. The molecule has 6 nitrogen and oxygen atoms in total. The summed E-state index contributed by atoms with van der Waals surface area (Å²) < 4.78 is 5.24. The van der Waals surface area contributed by atoms with Crippen LogP contribution in [0.4, 0.5) is 5.69 Å². The number of hydrogen-bond donors (Lipinski definition) is 2. The van der Waals surface area contributed by atoms with Crippen molar-refractivity contribution in [1.29, 1.82) is 5.26 Å². The fourth-order valence-electron chi connectivity index (χ4n) is 2.27. The molecule has 2 aromatic rings. The summed E-state index contributed by atoms with van der Waals surface area (Å²) in [7, 11) is 1.57. The Morgan fingerprint density at radius 1 is 1.15 bits per heavy atom. The van der Waals surface area contributed by atoms with Crippen LogP contribution in [0, 0.1) is 11.3 Å². The Balaban J connectivity index is 2.04. The quantitative estimate of drug-likeness (QED) is 0.752. The average molecular weight is 349 g/mol. The molecule has 2 N–H and O–H groups in total. The molecule has 0 aliphatic carbocycles. The molecular weight excluding hydrogens is 330 g/mol. The molecule has 0 heterocycles. The van der Waals surface area contributed by atoms with Crippen molar-refractivity contribution in [3.63, 3.8) is 0 Å². The van der Waals surface area contributed by atoms with Gasteiger partial charge in [0.15, 0.2) is 0 Å². The van der Waals surface area contributed by atoms with E-state index in [1.807, 2.05) is 30.3 Å². The highest BCUT2D eigenvalue weighted by Crippen LogP contribution is 2.19. The second kappa shape index (κ2) is 9.64. The molecule has 0 atom stereocenters. The Kier molecular flexibility index (Phi) is 6.95. The van der Waals surface area contributed by atoms with E-state index >= 15 is 0 Å². The zero-order valence-corrected chi connectivity index (χ0v) is 14.4. The van der Waals surface area contributed by atoms with E-state index in [-0.39, 0.29) is 24.8 Å². The van der Waals surface area contributed by atoms with E-state index in [0.29, 0.717) is 11.4 Å². The van der Waals surface area contributed by atoms with Crippen LogP contribution in [0.25, 0.3) is 6.08 Å². The first-order valence-corrected chi connectivity index (χ1v) is 7.97. The van der Waals surface area contributed by atoms with Gasteiger partial charge in [-0.1, -0.05) is 36.4 Å². The van der Waals surface area contributed by atoms with Crippen LogP contribution in [0.2, 0.25) is 0 Å². The van der Waals surface area contributed by atoms with Gasteiger partial charge in [0.2, 0.25) is 11.8 Å². The second-order valence-electron chi connectivity index (χ2n) is 5.33. The largest absolute Gasteiger partial charge is 0.496 e. The normalized spacial score (nSPS) is 10.2. The van der Waals surface area contributed by atoms with Crippen LogP contribution in [-0.4, -0.2) is 18.9 Å². The number of nitrogens with one attached hydrogen (secondary N) is 2. The Hall–Kier alpha value is -3.59. The summed E-state index contributed by atoms with van der Waals surface area (Å²) in [6.07, 6.45) is 2.89. The minimum Gasteiger partial charge on any atom is -0.496 e. The van der Waals surface area contributed by atoms with Gasteiger partial charge in [-0.05, 0) is 23.8 Å². The summed E-state index contributed by atoms with van der Waals surface area (Å²) in [6.45, 7) is 0.229. The van der Waals surface area contributed by atoms with Crippen LogP contribution in [0.3, 0.4) is 0 Å². The lowest BCUT2D eigenvalue weighted by Gasteiger charge is -2.10. The van der Waals surface area contributed by atoms with Crippen molar-refractivity contribution in [1.82, 2.24) is 5.32 Å². The van der Waals surface area contributed by atoms with Gasteiger partial charge in [-0.2, -0.15) is 5.26 Å². The van der Waals surface area contributed by atoms with E-state index < -0.39 is 0 Å². The Morgan fingerprint density at radius 3 is 2.65 bits per heavy atom. The van der Waals surface area contributed by atoms with E-state index in [9.17, 15) is 9.59 Å². The SMILES string of the molecule is COc1ccccc1/C=C/C(=O)Nc1ccccc1CNC(=O)CC#N. The molecule has 132 valence electrons. The smallest absolute Gasteiger partial charge is 0.248 e. The van der Waals surface area contributed by atoms with Crippen LogP contribution in [0.15, 0.2) is 54.6 Å². The first-order chi connectivity index (χ1) is 12.6. The molecule has 0 bridgehead atoms. The Labute approximate surface area is 152 Å². The number of para-hydroxylation sites is 2. The zero-order valence-electron chi connectivity index (χ0n) is 14.4. The summed E-state index contributed by atoms with van der Waals surface area (Å²) >= 11 is 0. The highest BCUT2D eigenvalue weighted by atomic mass is 16.5. The second-order valence-corrected chi connectivity index (χ2v) is 5.33. The third-order valence-electron chi connectivity index (χ3n) is 3.54. The zero-order chi connectivity index (χ0) is 18.8. The Morgan fingerprint density at radius 2 is 1.88 bits per heavy atom. The van der Waals surface area contributed by atoms with Crippen molar-refractivity contribution in [3.05, 3.63) is 65.7 Å². The molecule has 6 heteroatoms. The molecule has 0 aliphatic heterocycles. The molecule has 2 amide bonds. The number of nitrogens with zero attached hydrogens (tertiary/aromatic N) is 1. The number of carbonyl (C=O) groups excluding carboxylic acids is 2. The molecule has 0 spiro atoms. The number of nitriles is 1. The first-order valence-electron chi connectivity index (χ1n) is 7.97. The number of carbonyl (C=O) groups is 2. The lowest BCUT2D eigenvalue weighted by Crippen LogP contribution is -2.22. The highest BCUT2D eigenvalue weighted by molar-refractivity contribution is 6.02. The monoisotopic (exact) mass is 349 g/mol. The standard InChI is InChI=1S/C20H19N3O3/c1-26-18-9-5-3-6-15(18)10-11-20(25)23-17-8-4-2-7-16(17)14-22-19(24)12-13-21/h2-11H,12,14H2,1H3,(H,22,24)(H,23,25)/b11-10+. The van der Waals surface area contributed by atoms with Gasteiger partial charge in [0, 0.05) is 23.9 Å². The van der Waals surface area contributed by atoms with Crippen molar-refractivity contribution in [2.75, 3.05) is 12.4 Å². The summed E-state index contributed by atoms with van der Waals surface area (Å²) in [4.78, 5) is 23.6. The van der Waals surface area contributed by atoms with Gasteiger partial charge in [0.25, 0.3) is 0 Å². The van der Waals surface area contributed by atoms with E-state index in [1.165, 1.54) is 6.08 Å². The molecule has 0 aromatic heterocycles. The summed E-state index contributed by atoms with van der Waals surface area (Å²) in [5.74, 6) is 0.0218. The molecular formula is C20H19N3O3. The lowest BCUT2D eigenvalue weighted by molar-refractivity contribution is -0.120. The van der Waals surface area contributed by atoms with Crippen molar-refractivity contribution in [2.24, 2.45) is 0 Å². The molecule has 0 fully saturated rings. The topological polar surface area (TPSA) is 91.2 Å². The maximum absolute atomic E-state index is 12.2. The van der Waals surface area contributed by atoms with Gasteiger partial charge < -0.3 is 15.4 Å². The minimum absolute atomic E-state index is 0.198.